The molecule has 0 aliphatic heterocycles. The highest BCUT2D eigenvalue weighted by molar-refractivity contribution is 6.00. The number of amidine groups is 1. The maximum absolute atomic E-state index is 13.0. The minimum atomic E-state index is -0.586. The van der Waals surface area contributed by atoms with Crippen molar-refractivity contribution in [3.05, 3.63) is 35.1 Å². The summed E-state index contributed by atoms with van der Waals surface area (Å²) in [6.45, 7) is 1.37. The third-order valence-corrected chi connectivity index (χ3v) is 1.66. The largest absolute Gasteiger partial charge is 0.384 e. The molecule has 1 rings (SSSR count). The average molecular weight is 180 g/mol. The van der Waals surface area contributed by atoms with E-state index in [1.165, 1.54) is 19.1 Å². The maximum Gasteiger partial charge on any atom is 0.159 e. The van der Waals surface area contributed by atoms with Crippen LogP contribution in [0.2, 0.25) is 0 Å². The van der Waals surface area contributed by atoms with Crippen molar-refractivity contribution in [1.29, 1.82) is 5.41 Å². The van der Waals surface area contributed by atoms with Crippen molar-refractivity contribution in [3.8, 4) is 0 Å². The predicted octanol–water partition coefficient (Wildman–Crippen LogP) is 1.31. The number of hydrogen-bond acceptors (Lipinski definition) is 2. The molecule has 0 aromatic heterocycles. The first-order valence-electron chi connectivity index (χ1n) is 3.67. The van der Waals surface area contributed by atoms with Gasteiger partial charge in [0, 0.05) is 5.56 Å². The molecular weight excluding hydrogens is 171 g/mol. The quantitative estimate of drug-likeness (QED) is 0.409. The van der Waals surface area contributed by atoms with Gasteiger partial charge in [0.1, 0.15) is 11.7 Å². The number of carbonyl (C=O) groups excluding carboxylic acids is 1. The fraction of sp³-hybridized carbons (Fsp3) is 0.111. The molecule has 3 nitrogen and oxygen atoms in total. The number of nitrogens with one attached hydrogen (secondary N) is 1. The molecule has 1 aromatic rings. The Morgan fingerprint density at radius 2 is 2.15 bits per heavy atom. The molecule has 0 saturated carbocycles. The van der Waals surface area contributed by atoms with E-state index in [2.05, 4.69) is 0 Å². The van der Waals surface area contributed by atoms with E-state index >= 15 is 0 Å². The number of benzene rings is 1. The minimum Gasteiger partial charge on any atom is -0.384 e. The van der Waals surface area contributed by atoms with E-state index in [0.717, 1.165) is 6.07 Å². The zero-order chi connectivity index (χ0) is 10.0. The monoisotopic (exact) mass is 180 g/mol. The van der Waals surface area contributed by atoms with Gasteiger partial charge in [-0.3, -0.25) is 10.2 Å². The Bertz CT molecular complexity index is 374. The number of carbonyl (C=O) groups is 1. The summed E-state index contributed by atoms with van der Waals surface area (Å²) in [5, 5.41) is 7.04. The molecule has 0 atom stereocenters. The normalized spacial score (nSPS) is 9.69. The Hall–Kier alpha value is -1.71. The van der Waals surface area contributed by atoms with E-state index in [0.29, 0.717) is 5.56 Å². The summed E-state index contributed by atoms with van der Waals surface area (Å²) in [5.74, 6) is -1.14. The van der Waals surface area contributed by atoms with E-state index in [1.54, 1.807) is 0 Å². The van der Waals surface area contributed by atoms with Gasteiger partial charge in [0.2, 0.25) is 0 Å². The molecule has 1 aromatic carbocycles. The summed E-state index contributed by atoms with van der Waals surface area (Å²) in [4.78, 5) is 10.9. The molecule has 13 heavy (non-hydrogen) atoms. The van der Waals surface area contributed by atoms with E-state index in [9.17, 15) is 9.18 Å². The Labute approximate surface area is 74.9 Å². The Morgan fingerprint density at radius 3 is 2.62 bits per heavy atom. The Kier molecular flexibility index (Phi) is 2.41. The number of Topliss-reactive ketones (excluding diaryl/α,β-unsaturated/α-hetero) is 1. The van der Waals surface area contributed by atoms with Gasteiger partial charge in [-0.25, -0.2) is 4.39 Å². The van der Waals surface area contributed by atoms with Crippen LogP contribution in [-0.4, -0.2) is 11.6 Å². The number of nitrogens with two attached hydrogens (primary N) is 1. The second kappa shape index (κ2) is 3.35. The summed E-state index contributed by atoms with van der Waals surface area (Å²) in [6.07, 6.45) is 0. The van der Waals surface area contributed by atoms with Gasteiger partial charge >= 0.3 is 0 Å². The highest BCUT2D eigenvalue weighted by atomic mass is 19.1. The van der Waals surface area contributed by atoms with Crippen molar-refractivity contribution in [2.45, 2.75) is 6.92 Å². The minimum absolute atomic E-state index is 0.0345. The first-order valence-corrected chi connectivity index (χ1v) is 3.67. The lowest BCUT2D eigenvalue weighted by Crippen LogP contribution is -2.14. The molecule has 0 spiro atoms. The van der Waals surface area contributed by atoms with Crippen LogP contribution < -0.4 is 5.73 Å². The SMILES string of the molecule is CC(=O)c1ccc(F)c(C(=N)N)c1. The molecule has 0 saturated heterocycles. The van der Waals surface area contributed by atoms with Crippen LogP contribution in [0.1, 0.15) is 22.8 Å². The molecule has 0 amide bonds. The van der Waals surface area contributed by atoms with Crippen molar-refractivity contribution < 1.29 is 9.18 Å². The molecule has 0 aliphatic rings. The molecule has 68 valence electrons. The summed E-state index contributed by atoms with van der Waals surface area (Å²) in [5.41, 5.74) is 5.43. The van der Waals surface area contributed by atoms with E-state index in [4.69, 9.17) is 11.1 Å². The second-order valence-electron chi connectivity index (χ2n) is 2.66. The summed E-state index contributed by atoms with van der Waals surface area (Å²) in [6, 6.07) is 3.78. The Morgan fingerprint density at radius 1 is 1.54 bits per heavy atom. The predicted molar refractivity (Wildman–Crippen MR) is 47.4 cm³/mol. The summed E-state index contributed by atoms with van der Waals surface area (Å²) < 4.78 is 13.0. The van der Waals surface area contributed by atoms with Gasteiger partial charge in [0.15, 0.2) is 5.78 Å². The van der Waals surface area contributed by atoms with E-state index in [-0.39, 0.29) is 17.2 Å². The molecule has 0 bridgehead atoms. The zero-order valence-electron chi connectivity index (χ0n) is 7.10. The highest BCUT2D eigenvalue weighted by Crippen LogP contribution is 2.10. The molecule has 4 heteroatoms. The standard InChI is InChI=1S/C9H9FN2O/c1-5(13)6-2-3-8(10)7(4-6)9(11)12/h2-4H,1H3,(H3,11,12). The third-order valence-electron chi connectivity index (χ3n) is 1.66. The number of hydrogen-bond donors (Lipinski definition) is 2. The highest BCUT2D eigenvalue weighted by Gasteiger charge is 2.07. The fourth-order valence-corrected chi connectivity index (χ4v) is 0.951. The van der Waals surface area contributed by atoms with Crippen molar-refractivity contribution in [1.82, 2.24) is 0 Å². The van der Waals surface area contributed by atoms with Crippen LogP contribution in [0, 0.1) is 11.2 Å². The van der Waals surface area contributed by atoms with Gasteiger partial charge in [0.05, 0.1) is 5.56 Å². The topological polar surface area (TPSA) is 66.9 Å². The number of rotatable bonds is 2. The second-order valence-corrected chi connectivity index (χ2v) is 2.66. The number of ketones is 1. The van der Waals surface area contributed by atoms with Gasteiger partial charge in [-0.1, -0.05) is 0 Å². The lowest BCUT2D eigenvalue weighted by atomic mass is 10.1. The van der Waals surface area contributed by atoms with Crippen molar-refractivity contribution in [2.24, 2.45) is 5.73 Å². The van der Waals surface area contributed by atoms with Gasteiger partial charge in [-0.2, -0.15) is 0 Å². The lowest BCUT2D eigenvalue weighted by Gasteiger charge is -2.02. The molecule has 0 aliphatic carbocycles. The molecule has 0 heterocycles. The van der Waals surface area contributed by atoms with Gasteiger partial charge in [0.25, 0.3) is 0 Å². The number of nitrogen functional groups attached to an aromatic ring is 1. The van der Waals surface area contributed by atoms with Crippen LogP contribution >= 0.6 is 0 Å². The molecule has 0 fully saturated rings. The lowest BCUT2D eigenvalue weighted by molar-refractivity contribution is 0.101. The van der Waals surface area contributed by atoms with Crippen molar-refractivity contribution in [3.63, 3.8) is 0 Å². The van der Waals surface area contributed by atoms with E-state index < -0.39 is 5.82 Å². The first-order chi connectivity index (χ1) is 6.02. The fourth-order valence-electron chi connectivity index (χ4n) is 0.951. The van der Waals surface area contributed by atoms with Gasteiger partial charge < -0.3 is 5.73 Å². The molecular formula is C9H9FN2O. The van der Waals surface area contributed by atoms with Crippen LogP contribution in [0.4, 0.5) is 4.39 Å². The molecule has 3 N–H and O–H groups in total. The maximum atomic E-state index is 13.0. The van der Waals surface area contributed by atoms with Crippen LogP contribution in [-0.2, 0) is 0 Å². The number of halogens is 1. The third kappa shape index (κ3) is 1.90. The van der Waals surface area contributed by atoms with Crippen LogP contribution in [0.5, 0.6) is 0 Å². The van der Waals surface area contributed by atoms with Crippen molar-refractivity contribution in [2.75, 3.05) is 0 Å². The van der Waals surface area contributed by atoms with Crippen LogP contribution in [0.3, 0.4) is 0 Å². The summed E-state index contributed by atoms with van der Waals surface area (Å²) in [7, 11) is 0. The van der Waals surface area contributed by atoms with Gasteiger partial charge in [-0.15, -0.1) is 0 Å². The zero-order valence-corrected chi connectivity index (χ0v) is 7.10. The van der Waals surface area contributed by atoms with Crippen LogP contribution in [0.15, 0.2) is 18.2 Å². The smallest absolute Gasteiger partial charge is 0.159 e. The molecule has 0 unspecified atom stereocenters. The average Bonchev–Trinajstić information content (AvgIpc) is 2.04. The van der Waals surface area contributed by atoms with E-state index in [1.807, 2.05) is 0 Å². The van der Waals surface area contributed by atoms with Crippen LogP contribution in [0.25, 0.3) is 0 Å². The van der Waals surface area contributed by atoms with Crippen molar-refractivity contribution >= 4 is 11.6 Å². The Balaban J connectivity index is 3.27. The van der Waals surface area contributed by atoms with Gasteiger partial charge in [-0.05, 0) is 25.1 Å². The first kappa shape index (κ1) is 9.38. The summed E-state index contributed by atoms with van der Waals surface area (Å²) >= 11 is 0. The molecule has 0 radical (unpaired) electrons.